The van der Waals surface area contributed by atoms with Gasteiger partial charge in [-0.05, 0) is 48.5 Å². The molecule has 0 saturated carbocycles. The number of hydrogen-bond acceptors (Lipinski definition) is 4. The van der Waals surface area contributed by atoms with Crippen molar-refractivity contribution in [1.29, 1.82) is 0 Å². The van der Waals surface area contributed by atoms with Crippen LogP contribution in [0.3, 0.4) is 0 Å². The molecule has 25 heavy (non-hydrogen) atoms. The highest BCUT2D eigenvalue weighted by Crippen LogP contribution is 2.30. The number of hydrogen-bond donors (Lipinski definition) is 1. The van der Waals surface area contributed by atoms with Gasteiger partial charge in [-0.15, -0.1) is 0 Å². The molecule has 0 heterocycles. The summed E-state index contributed by atoms with van der Waals surface area (Å²) in [5, 5.41) is 2.54. The summed E-state index contributed by atoms with van der Waals surface area (Å²) in [4.78, 5) is 23.1. The summed E-state index contributed by atoms with van der Waals surface area (Å²) in [5.41, 5.74) is -0.0230. The molecule has 0 aromatic heterocycles. The van der Waals surface area contributed by atoms with Crippen LogP contribution in [0, 0.1) is 0 Å². The summed E-state index contributed by atoms with van der Waals surface area (Å²) in [7, 11) is 1.26. The van der Waals surface area contributed by atoms with E-state index in [1.807, 2.05) is 0 Å². The van der Waals surface area contributed by atoms with Crippen molar-refractivity contribution in [1.82, 2.24) is 0 Å². The normalized spacial score (nSPS) is 10.9. The van der Waals surface area contributed by atoms with E-state index in [9.17, 15) is 22.8 Å². The molecule has 0 aliphatic heterocycles. The Balaban J connectivity index is 1.87. The lowest BCUT2D eigenvalue weighted by atomic mass is 10.2. The van der Waals surface area contributed by atoms with Gasteiger partial charge in [0.15, 0.2) is 6.61 Å². The molecule has 5 nitrogen and oxygen atoms in total. The zero-order chi connectivity index (χ0) is 18.4. The van der Waals surface area contributed by atoms with Crippen LogP contribution >= 0.6 is 0 Å². The molecule has 0 unspecified atom stereocenters. The van der Waals surface area contributed by atoms with E-state index in [1.54, 1.807) is 0 Å². The first kappa shape index (κ1) is 18.3. The molecule has 2 rings (SSSR count). The molecule has 0 aliphatic carbocycles. The van der Waals surface area contributed by atoms with Crippen molar-refractivity contribution >= 4 is 17.6 Å². The first-order chi connectivity index (χ1) is 11.8. The number of alkyl halides is 3. The van der Waals surface area contributed by atoms with Gasteiger partial charge in [0.25, 0.3) is 5.91 Å². The fourth-order valence-corrected chi connectivity index (χ4v) is 1.89. The van der Waals surface area contributed by atoms with Gasteiger partial charge in [0, 0.05) is 5.69 Å². The number of esters is 1. The molecule has 8 heteroatoms. The van der Waals surface area contributed by atoms with E-state index < -0.39 is 23.6 Å². The lowest BCUT2D eigenvalue weighted by Gasteiger charge is -2.10. The Morgan fingerprint density at radius 2 is 1.60 bits per heavy atom. The number of benzene rings is 2. The number of ether oxygens (including phenoxy) is 2. The Kier molecular flexibility index (Phi) is 5.63. The van der Waals surface area contributed by atoms with Crippen LogP contribution in [0.5, 0.6) is 5.75 Å². The molecule has 0 radical (unpaired) electrons. The van der Waals surface area contributed by atoms with Crippen LogP contribution in [0.1, 0.15) is 15.9 Å². The average Bonchev–Trinajstić information content (AvgIpc) is 2.59. The van der Waals surface area contributed by atoms with Crippen LogP contribution in [0.25, 0.3) is 0 Å². The van der Waals surface area contributed by atoms with Crippen molar-refractivity contribution in [3.05, 3.63) is 59.7 Å². The second-order valence-corrected chi connectivity index (χ2v) is 4.93. The third-order valence-electron chi connectivity index (χ3n) is 3.14. The van der Waals surface area contributed by atoms with E-state index in [2.05, 4.69) is 10.1 Å². The first-order valence-corrected chi connectivity index (χ1v) is 7.08. The van der Waals surface area contributed by atoms with Crippen LogP contribution in [0.4, 0.5) is 18.9 Å². The molecule has 1 amide bonds. The van der Waals surface area contributed by atoms with Crippen LogP contribution in [0.15, 0.2) is 48.5 Å². The Morgan fingerprint density at radius 3 is 2.12 bits per heavy atom. The van der Waals surface area contributed by atoms with Gasteiger partial charge in [0.1, 0.15) is 5.75 Å². The van der Waals surface area contributed by atoms with E-state index in [4.69, 9.17) is 4.74 Å². The highest BCUT2D eigenvalue weighted by atomic mass is 19.4. The highest BCUT2D eigenvalue weighted by molar-refractivity contribution is 5.93. The summed E-state index contributed by atoms with van der Waals surface area (Å²) in [6.45, 7) is -0.371. The minimum Gasteiger partial charge on any atom is -0.484 e. The van der Waals surface area contributed by atoms with Gasteiger partial charge in [0.05, 0.1) is 18.2 Å². The van der Waals surface area contributed by atoms with Crippen molar-refractivity contribution in [3.8, 4) is 5.75 Å². The van der Waals surface area contributed by atoms with Crippen LogP contribution in [-0.4, -0.2) is 25.6 Å². The standard InChI is InChI=1S/C17H14F3NO4/c1-24-16(23)11-2-6-13(7-3-11)21-15(22)10-25-14-8-4-12(5-9-14)17(18,19)20/h2-9H,10H2,1H3,(H,21,22). The quantitative estimate of drug-likeness (QED) is 0.836. The van der Waals surface area contributed by atoms with Gasteiger partial charge >= 0.3 is 12.1 Å². The predicted octanol–water partition coefficient (Wildman–Crippen LogP) is 3.51. The number of carbonyl (C=O) groups excluding carboxylic acids is 2. The minimum atomic E-state index is -4.42. The second-order valence-electron chi connectivity index (χ2n) is 4.93. The highest BCUT2D eigenvalue weighted by Gasteiger charge is 2.30. The van der Waals surface area contributed by atoms with Gasteiger partial charge < -0.3 is 14.8 Å². The van der Waals surface area contributed by atoms with Gasteiger partial charge in [-0.25, -0.2) is 4.79 Å². The van der Waals surface area contributed by atoms with E-state index in [-0.39, 0.29) is 12.4 Å². The Bertz CT molecular complexity index is 740. The van der Waals surface area contributed by atoms with Crippen LogP contribution in [-0.2, 0) is 15.7 Å². The number of rotatable bonds is 5. The Hall–Kier alpha value is -3.03. The molecule has 2 aromatic carbocycles. The van der Waals surface area contributed by atoms with Crippen molar-refractivity contribution in [2.45, 2.75) is 6.18 Å². The molecule has 0 bridgehead atoms. The number of halogens is 3. The lowest BCUT2D eigenvalue weighted by Crippen LogP contribution is -2.20. The maximum absolute atomic E-state index is 12.4. The summed E-state index contributed by atoms with van der Waals surface area (Å²) in [6, 6.07) is 10.0. The van der Waals surface area contributed by atoms with E-state index in [0.29, 0.717) is 11.3 Å². The molecule has 2 aromatic rings. The molecule has 0 atom stereocenters. The molecular weight excluding hydrogens is 339 g/mol. The monoisotopic (exact) mass is 353 g/mol. The van der Waals surface area contributed by atoms with Crippen molar-refractivity contribution < 1.29 is 32.2 Å². The topological polar surface area (TPSA) is 64.6 Å². The third kappa shape index (κ3) is 5.23. The molecule has 0 fully saturated rings. The number of nitrogens with one attached hydrogen (secondary N) is 1. The molecular formula is C17H14F3NO4. The SMILES string of the molecule is COC(=O)c1ccc(NC(=O)COc2ccc(C(F)(F)F)cc2)cc1. The van der Waals surface area contributed by atoms with E-state index in [0.717, 1.165) is 24.3 Å². The third-order valence-corrected chi connectivity index (χ3v) is 3.14. The number of methoxy groups -OCH3 is 1. The first-order valence-electron chi connectivity index (χ1n) is 7.08. The maximum Gasteiger partial charge on any atom is 0.416 e. The van der Waals surface area contributed by atoms with E-state index >= 15 is 0 Å². The Morgan fingerprint density at radius 1 is 1.00 bits per heavy atom. The van der Waals surface area contributed by atoms with Crippen molar-refractivity contribution in [2.24, 2.45) is 0 Å². The van der Waals surface area contributed by atoms with Crippen LogP contribution in [0.2, 0.25) is 0 Å². The van der Waals surface area contributed by atoms with Gasteiger partial charge in [-0.1, -0.05) is 0 Å². The van der Waals surface area contributed by atoms with Crippen molar-refractivity contribution in [3.63, 3.8) is 0 Å². The van der Waals surface area contributed by atoms with Crippen LogP contribution < -0.4 is 10.1 Å². The Labute approximate surface area is 141 Å². The number of anilines is 1. The van der Waals surface area contributed by atoms with Gasteiger partial charge in [0.2, 0.25) is 0 Å². The smallest absolute Gasteiger partial charge is 0.416 e. The molecule has 132 valence electrons. The zero-order valence-corrected chi connectivity index (χ0v) is 13.1. The minimum absolute atomic E-state index is 0.143. The lowest BCUT2D eigenvalue weighted by molar-refractivity contribution is -0.137. The fraction of sp³-hybridized carbons (Fsp3) is 0.176. The summed E-state index contributed by atoms with van der Waals surface area (Å²) in [6.07, 6.45) is -4.42. The molecule has 0 saturated heterocycles. The van der Waals surface area contributed by atoms with Crippen molar-refractivity contribution in [2.75, 3.05) is 19.0 Å². The predicted molar refractivity (Wildman–Crippen MR) is 83.4 cm³/mol. The maximum atomic E-state index is 12.4. The average molecular weight is 353 g/mol. The molecule has 0 aliphatic rings. The summed E-state index contributed by atoms with van der Waals surface area (Å²) >= 11 is 0. The molecule has 0 spiro atoms. The largest absolute Gasteiger partial charge is 0.484 e. The van der Waals surface area contributed by atoms with Gasteiger partial charge in [-0.2, -0.15) is 13.2 Å². The fourth-order valence-electron chi connectivity index (χ4n) is 1.89. The number of amides is 1. The molecule has 1 N–H and O–H groups in total. The van der Waals surface area contributed by atoms with Gasteiger partial charge in [-0.3, -0.25) is 4.79 Å². The zero-order valence-electron chi connectivity index (χ0n) is 13.1. The number of carbonyl (C=O) groups is 2. The van der Waals surface area contributed by atoms with E-state index in [1.165, 1.54) is 31.4 Å². The summed E-state index contributed by atoms with van der Waals surface area (Å²) in [5.74, 6) is -0.849. The summed E-state index contributed by atoms with van der Waals surface area (Å²) < 4.78 is 47.0. The second kappa shape index (κ2) is 7.69.